The maximum Gasteiger partial charge on any atom is 0.322 e. The minimum atomic E-state index is -3.20. The van der Waals surface area contributed by atoms with Crippen LogP contribution in [0.5, 0.6) is 0 Å². The Labute approximate surface area is 136 Å². The Morgan fingerprint density at radius 1 is 1.08 bits per heavy atom. The van der Waals surface area contributed by atoms with Crippen molar-refractivity contribution < 1.29 is 18.1 Å². The third-order valence-corrected chi connectivity index (χ3v) is 3.33. The van der Waals surface area contributed by atoms with Crippen molar-refractivity contribution >= 4 is 5.78 Å². The Kier molecular flexibility index (Phi) is 3.92. The van der Waals surface area contributed by atoms with Crippen molar-refractivity contribution in [1.82, 2.24) is 15.1 Å². The van der Waals surface area contributed by atoms with Crippen LogP contribution < -0.4 is 0 Å². The first-order chi connectivity index (χ1) is 11.3. The molecule has 0 atom stereocenters. The number of hydrogen-bond donors (Lipinski definition) is 0. The van der Waals surface area contributed by atoms with Crippen LogP contribution >= 0.6 is 0 Å². The number of alkyl halides is 2. The van der Waals surface area contributed by atoms with Gasteiger partial charge in [0.15, 0.2) is 0 Å². The molecule has 2 heterocycles. The molecule has 3 aromatic rings. The van der Waals surface area contributed by atoms with Gasteiger partial charge in [-0.3, -0.25) is 4.79 Å². The smallest absolute Gasteiger partial charge is 0.322 e. The van der Waals surface area contributed by atoms with Crippen molar-refractivity contribution in [1.29, 1.82) is 0 Å². The minimum absolute atomic E-state index is 0.0409. The van der Waals surface area contributed by atoms with Crippen molar-refractivity contribution in [2.24, 2.45) is 0 Å². The molecule has 0 amide bonds. The summed E-state index contributed by atoms with van der Waals surface area (Å²) in [6, 6.07) is 11.5. The molecule has 3 rings (SSSR count). The van der Waals surface area contributed by atoms with Crippen LogP contribution in [-0.4, -0.2) is 20.9 Å². The average Bonchev–Trinajstić information content (AvgIpc) is 3.04. The lowest BCUT2D eigenvalue weighted by Crippen LogP contribution is -2.07. The van der Waals surface area contributed by atoms with Crippen LogP contribution in [0.25, 0.3) is 11.4 Å². The number of aryl methyl sites for hydroxylation is 1. The van der Waals surface area contributed by atoms with E-state index < -0.39 is 11.8 Å². The Morgan fingerprint density at radius 2 is 1.79 bits per heavy atom. The van der Waals surface area contributed by atoms with Gasteiger partial charge in [0.05, 0.1) is 0 Å². The standard InChI is InChI=1S/C17H13F2N3O2/c1-10-4-3-5-13(20-10)14(23)11-6-8-12(9-7-11)15-21-16(24-22-15)17(2,18)19/h3-9H,1-2H3. The van der Waals surface area contributed by atoms with Gasteiger partial charge in [-0.15, -0.1) is 0 Å². The highest BCUT2D eigenvalue weighted by Crippen LogP contribution is 2.27. The quantitative estimate of drug-likeness (QED) is 0.681. The fraction of sp³-hybridized carbons (Fsp3) is 0.176. The largest absolute Gasteiger partial charge is 0.332 e. The fourth-order valence-corrected chi connectivity index (χ4v) is 2.11. The van der Waals surface area contributed by atoms with E-state index in [-0.39, 0.29) is 11.6 Å². The number of halogens is 2. The maximum absolute atomic E-state index is 13.1. The number of carbonyl (C=O) groups excluding carboxylic acids is 1. The average molecular weight is 329 g/mol. The van der Waals surface area contributed by atoms with E-state index in [1.54, 1.807) is 49.4 Å². The summed E-state index contributed by atoms with van der Waals surface area (Å²) in [5.41, 5.74) is 2.00. The summed E-state index contributed by atoms with van der Waals surface area (Å²) in [7, 11) is 0. The van der Waals surface area contributed by atoms with E-state index in [1.807, 2.05) is 0 Å². The van der Waals surface area contributed by atoms with Crippen LogP contribution in [0.3, 0.4) is 0 Å². The summed E-state index contributed by atoms with van der Waals surface area (Å²) >= 11 is 0. The molecule has 0 unspecified atom stereocenters. The second-order valence-electron chi connectivity index (χ2n) is 5.38. The highest BCUT2D eigenvalue weighted by atomic mass is 19.3. The highest BCUT2D eigenvalue weighted by molar-refractivity contribution is 6.07. The van der Waals surface area contributed by atoms with Gasteiger partial charge in [-0.25, -0.2) is 4.98 Å². The molecule has 0 aliphatic carbocycles. The Hall–Kier alpha value is -2.96. The molecule has 0 saturated heterocycles. The molecule has 1 aromatic carbocycles. The number of rotatable bonds is 4. The van der Waals surface area contributed by atoms with Gasteiger partial charge in [-0.05, 0) is 19.1 Å². The molecular weight excluding hydrogens is 316 g/mol. The van der Waals surface area contributed by atoms with Gasteiger partial charge in [-0.1, -0.05) is 35.5 Å². The van der Waals surface area contributed by atoms with Crippen LogP contribution in [0.4, 0.5) is 8.78 Å². The molecule has 5 nitrogen and oxygen atoms in total. The predicted molar refractivity (Wildman–Crippen MR) is 81.7 cm³/mol. The number of hydrogen-bond acceptors (Lipinski definition) is 5. The van der Waals surface area contributed by atoms with Gasteiger partial charge >= 0.3 is 5.92 Å². The zero-order chi connectivity index (χ0) is 17.3. The molecule has 0 fully saturated rings. The summed E-state index contributed by atoms with van der Waals surface area (Å²) in [5.74, 6) is -4.13. The first-order valence-electron chi connectivity index (χ1n) is 7.15. The molecule has 24 heavy (non-hydrogen) atoms. The van der Waals surface area contributed by atoms with E-state index in [9.17, 15) is 13.6 Å². The molecule has 0 aliphatic rings. The van der Waals surface area contributed by atoms with Crippen molar-refractivity contribution in [3.05, 3.63) is 65.3 Å². The number of ketones is 1. The molecule has 2 aromatic heterocycles. The summed E-state index contributed by atoms with van der Waals surface area (Å²) in [4.78, 5) is 20.2. The summed E-state index contributed by atoms with van der Waals surface area (Å²) < 4.78 is 30.8. The van der Waals surface area contributed by atoms with E-state index >= 15 is 0 Å². The van der Waals surface area contributed by atoms with Crippen LogP contribution in [0, 0.1) is 6.92 Å². The molecule has 0 N–H and O–H groups in total. The van der Waals surface area contributed by atoms with E-state index in [0.29, 0.717) is 23.7 Å². The number of aromatic nitrogens is 3. The zero-order valence-electron chi connectivity index (χ0n) is 13.0. The van der Waals surface area contributed by atoms with Gasteiger partial charge in [0.1, 0.15) is 5.69 Å². The molecule has 0 bridgehead atoms. The highest BCUT2D eigenvalue weighted by Gasteiger charge is 2.32. The normalized spacial score (nSPS) is 11.5. The zero-order valence-corrected chi connectivity index (χ0v) is 13.0. The number of carbonyl (C=O) groups is 1. The molecule has 0 radical (unpaired) electrons. The lowest BCUT2D eigenvalue weighted by Gasteiger charge is -2.02. The lowest BCUT2D eigenvalue weighted by molar-refractivity contribution is -0.0158. The van der Waals surface area contributed by atoms with Gasteiger partial charge in [0.25, 0.3) is 5.89 Å². The molecule has 0 aliphatic heterocycles. The van der Waals surface area contributed by atoms with Crippen molar-refractivity contribution in [3.63, 3.8) is 0 Å². The Balaban J connectivity index is 1.85. The minimum Gasteiger partial charge on any atom is -0.332 e. The number of pyridine rings is 1. The van der Waals surface area contributed by atoms with E-state index in [1.165, 1.54) is 0 Å². The molecule has 0 spiro atoms. The monoisotopic (exact) mass is 329 g/mol. The summed E-state index contributed by atoms with van der Waals surface area (Å²) in [5, 5.41) is 3.53. The van der Waals surface area contributed by atoms with Crippen molar-refractivity contribution in [2.45, 2.75) is 19.8 Å². The second kappa shape index (κ2) is 5.92. The first-order valence-corrected chi connectivity index (χ1v) is 7.15. The molecule has 122 valence electrons. The van der Waals surface area contributed by atoms with E-state index in [0.717, 1.165) is 5.69 Å². The Morgan fingerprint density at radius 3 is 2.38 bits per heavy atom. The fourth-order valence-electron chi connectivity index (χ4n) is 2.11. The summed E-state index contributed by atoms with van der Waals surface area (Å²) in [6.07, 6.45) is 0. The van der Waals surface area contributed by atoms with Crippen molar-refractivity contribution in [3.8, 4) is 11.4 Å². The number of benzene rings is 1. The maximum atomic E-state index is 13.1. The van der Waals surface area contributed by atoms with E-state index in [4.69, 9.17) is 0 Å². The Bertz CT molecular complexity index is 883. The SMILES string of the molecule is Cc1cccc(C(=O)c2ccc(-c3noc(C(C)(F)F)n3)cc2)n1. The van der Waals surface area contributed by atoms with Gasteiger partial charge < -0.3 is 4.52 Å². The second-order valence-corrected chi connectivity index (χ2v) is 5.38. The van der Waals surface area contributed by atoms with Crippen LogP contribution in [-0.2, 0) is 5.92 Å². The van der Waals surface area contributed by atoms with Crippen molar-refractivity contribution in [2.75, 3.05) is 0 Å². The van der Waals surface area contributed by atoms with Crippen LogP contribution in [0.15, 0.2) is 47.0 Å². The predicted octanol–water partition coefficient (Wildman–Crippen LogP) is 3.78. The third-order valence-electron chi connectivity index (χ3n) is 3.33. The summed E-state index contributed by atoms with van der Waals surface area (Å²) in [6.45, 7) is 2.48. The third kappa shape index (κ3) is 3.19. The molecule has 0 saturated carbocycles. The lowest BCUT2D eigenvalue weighted by atomic mass is 10.1. The van der Waals surface area contributed by atoms with Gasteiger partial charge in [0, 0.05) is 23.7 Å². The van der Waals surface area contributed by atoms with E-state index in [2.05, 4.69) is 19.6 Å². The topological polar surface area (TPSA) is 68.9 Å². The van der Waals surface area contributed by atoms with Crippen LogP contribution in [0.2, 0.25) is 0 Å². The van der Waals surface area contributed by atoms with Gasteiger partial charge in [0.2, 0.25) is 11.6 Å². The van der Waals surface area contributed by atoms with Crippen LogP contribution in [0.1, 0.15) is 34.6 Å². The number of nitrogens with zero attached hydrogens (tertiary/aromatic N) is 3. The molecular formula is C17H13F2N3O2. The van der Waals surface area contributed by atoms with Gasteiger partial charge in [-0.2, -0.15) is 13.8 Å². The first kappa shape index (κ1) is 15.9. The molecule has 7 heteroatoms.